The van der Waals surface area contributed by atoms with E-state index in [0.29, 0.717) is 11.3 Å². The number of para-hydroxylation sites is 1. The van der Waals surface area contributed by atoms with Gasteiger partial charge >= 0.3 is 5.37 Å². The highest BCUT2D eigenvalue weighted by Gasteiger charge is 2.19. The summed E-state index contributed by atoms with van der Waals surface area (Å²) in [5.74, 6) is -0.340. The van der Waals surface area contributed by atoms with Gasteiger partial charge in [0.2, 0.25) is 5.78 Å². The quantitative estimate of drug-likeness (QED) is 0.365. The number of halogens is 1. The van der Waals surface area contributed by atoms with Crippen molar-refractivity contribution in [3.05, 3.63) is 29.8 Å². The van der Waals surface area contributed by atoms with E-state index in [9.17, 15) is 14.1 Å². The summed E-state index contributed by atoms with van der Waals surface area (Å²) in [6, 6.07) is 6.58. The Bertz CT molecular complexity index is 436. The van der Waals surface area contributed by atoms with Crippen molar-refractivity contribution < 1.29 is 14.1 Å². The Labute approximate surface area is 108 Å². The fourth-order valence-corrected chi connectivity index (χ4v) is 1.97. The molecule has 0 radical (unpaired) electrons. The van der Waals surface area contributed by atoms with Gasteiger partial charge in [-0.1, -0.05) is 12.1 Å². The summed E-state index contributed by atoms with van der Waals surface area (Å²) in [7, 11) is 1.48. The summed E-state index contributed by atoms with van der Waals surface area (Å²) in [5.41, 5.74) is 0.766. The van der Waals surface area contributed by atoms with E-state index in [2.05, 4.69) is 0 Å². The molecule has 92 valence electrons. The number of anilines is 1. The molecule has 0 spiro atoms. The molecule has 0 bridgehead atoms. The molecule has 17 heavy (non-hydrogen) atoms. The van der Waals surface area contributed by atoms with Crippen LogP contribution in [0.5, 0.6) is 0 Å². The summed E-state index contributed by atoms with van der Waals surface area (Å²) in [6.07, 6.45) is 1.46. The maximum atomic E-state index is 11.8. The highest BCUT2D eigenvalue weighted by molar-refractivity contribution is 7.91. The van der Waals surface area contributed by atoms with Crippen molar-refractivity contribution >= 4 is 39.6 Å². The van der Waals surface area contributed by atoms with Crippen LogP contribution in [-0.2, 0) is 11.2 Å². The molecule has 4 nitrogen and oxygen atoms in total. The van der Waals surface area contributed by atoms with Gasteiger partial charge in [-0.2, -0.15) is 0 Å². The Morgan fingerprint density at radius 3 is 2.53 bits per heavy atom. The van der Waals surface area contributed by atoms with Gasteiger partial charge in [0.1, 0.15) is 0 Å². The molecule has 1 unspecified atom stereocenters. The molecule has 1 rings (SSSR count). The van der Waals surface area contributed by atoms with Crippen molar-refractivity contribution in [2.24, 2.45) is 0 Å². The minimum atomic E-state index is -1.21. The number of carbonyl (C=O) groups is 2. The normalized spacial score (nSPS) is 12.0. The topological polar surface area (TPSA) is 60.4 Å². The Balaban J connectivity index is 3.07. The fraction of sp³-hybridized carbons (Fsp3) is 0.273. The SMILES string of the molecule is CN(C(=O)Cl)c1ccccc1C(=O)C[S+](C)[O-]. The highest BCUT2D eigenvalue weighted by Crippen LogP contribution is 2.21. The number of carbonyl (C=O) groups excluding carboxylic acids is 2. The molecule has 1 atom stereocenters. The Kier molecular flexibility index (Phi) is 4.99. The van der Waals surface area contributed by atoms with Crippen LogP contribution in [0, 0.1) is 0 Å². The van der Waals surface area contributed by atoms with Gasteiger partial charge in [0.25, 0.3) is 0 Å². The van der Waals surface area contributed by atoms with Crippen LogP contribution in [0.15, 0.2) is 24.3 Å². The van der Waals surface area contributed by atoms with Gasteiger partial charge in [-0.25, -0.2) is 0 Å². The van der Waals surface area contributed by atoms with Gasteiger partial charge in [-0.3, -0.25) is 9.59 Å². The molecule has 0 saturated heterocycles. The molecule has 0 aliphatic carbocycles. The highest BCUT2D eigenvalue weighted by atomic mass is 35.5. The van der Waals surface area contributed by atoms with Crippen LogP contribution >= 0.6 is 11.6 Å². The molecule has 0 N–H and O–H groups in total. The standard InChI is InChI=1S/C11H12ClNO3S/c1-13(11(12)15)9-6-4-3-5-8(9)10(14)7-17(2)16/h3-6H,7H2,1-2H3. The second-order valence-corrected chi connectivity index (χ2v) is 5.23. The number of nitrogens with zero attached hydrogens (tertiary/aromatic N) is 1. The zero-order chi connectivity index (χ0) is 13.0. The van der Waals surface area contributed by atoms with E-state index in [-0.39, 0.29) is 11.5 Å². The largest absolute Gasteiger partial charge is 0.616 e. The summed E-state index contributed by atoms with van der Waals surface area (Å²) in [4.78, 5) is 24.1. The van der Waals surface area contributed by atoms with E-state index in [1.165, 1.54) is 18.2 Å². The zero-order valence-corrected chi connectivity index (χ0v) is 11.0. The molecule has 0 fully saturated rings. The molecular formula is C11H12ClNO3S. The third-order valence-electron chi connectivity index (χ3n) is 2.16. The van der Waals surface area contributed by atoms with Crippen LogP contribution in [0.4, 0.5) is 10.5 Å². The van der Waals surface area contributed by atoms with Crippen molar-refractivity contribution in [2.45, 2.75) is 0 Å². The number of hydrogen-bond acceptors (Lipinski definition) is 3. The van der Waals surface area contributed by atoms with Gasteiger partial charge in [0, 0.05) is 12.6 Å². The van der Waals surface area contributed by atoms with Gasteiger partial charge in [-0.15, -0.1) is 0 Å². The van der Waals surface area contributed by atoms with Crippen molar-refractivity contribution in [1.82, 2.24) is 0 Å². The first-order valence-corrected chi connectivity index (χ1v) is 6.89. The van der Waals surface area contributed by atoms with Gasteiger partial charge in [0.15, 0.2) is 5.75 Å². The minimum absolute atomic E-state index is 0.0681. The molecular weight excluding hydrogens is 262 g/mol. The predicted molar refractivity (Wildman–Crippen MR) is 69.4 cm³/mol. The van der Waals surface area contributed by atoms with E-state index in [1.807, 2.05) is 0 Å². The number of amides is 1. The molecule has 0 aromatic heterocycles. The lowest BCUT2D eigenvalue weighted by Gasteiger charge is -2.17. The summed E-state index contributed by atoms with van der Waals surface area (Å²) in [5, 5.41) is -0.678. The predicted octanol–water partition coefficient (Wildman–Crippen LogP) is 2.04. The number of rotatable bonds is 4. The van der Waals surface area contributed by atoms with Crippen LogP contribution in [0.2, 0.25) is 0 Å². The first-order valence-electron chi connectivity index (χ1n) is 4.79. The van der Waals surface area contributed by atoms with Gasteiger partial charge in [0.05, 0.1) is 11.9 Å². The second-order valence-electron chi connectivity index (χ2n) is 3.47. The van der Waals surface area contributed by atoms with Gasteiger partial charge in [-0.05, 0) is 34.9 Å². The minimum Gasteiger partial charge on any atom is -0.616 e. The summed E-state index contributed by atoms with van der Waals surface area (Å²) >= 11 is 4.15. The maximum absolute atomic E-state index is 11.8. The number of ketones is 1. The Morgan fingerprint density at radius 1 is 1.41 bits per heavy atom. The number of Topliss-reactive ketones (excluding diaryl/α,β-unsaturated/α-hetero) is 1. The molecule has 6 heteroatoms. The molecule has 1 aromatic carbocycles. The van der Waals surface area contributed by atoms with Crippen molar-refractivity contribution in [3.63, 3.8) is 0 Å². The van der Waals surface area contributed by atoms with E-state index < -0.39 is 16.5 Å². The van der Waals surface area contributed by atoms with Crippen molar-refractivity contribution in [3.8, 4) is 0 Å². The second kappa shape index (κ2) is 6.05. The molecule has 1 aromatic rings. The average molecular weight is 274 g/mol. The lowest BCUT2D eigenvalue weighted by molar-refractivity contribution is 0.102. The van der Waals surface area contributed by atoms with Gasteiger partial charge < -0.3 is 9.45 Å². The monoisotopic (exact) mass is 273 g/mol. The van der Waals surface area contributed by atoms with Crippen LogP contribution in [0.25, 0.3) is 0 Å². The van der Waals surface area contributed by atoms with E-state index in [4.69, 9.17) is 11.6 Å². The molecule has 0 heterocycles. The van der Waals surface area contributed by atoms with E-state index >= 15 is 0 Å². The Hall–Kier alpha value is -1.04. The van der Waals surface area contributed by atoms with Crippen LogP contribution in [0.1, 0.15) is 10.4 Å². The lowest BCUT2D eigenvalue weighted by atomic mass is 10.1. The van der Waals surface area contributed by atoms with E-state index in [1.54, 1.807) is 24.3 Å². The van der Waals surface area contributed by atoms with Crippen LogP contribution in [-0.4, -0.2) is 34.8 Å². The molecule has 0 aliphatic rings. The molecule has 1 amide bonds. The number of hydrogen-bond donors (Lipinski definition) is 0. The fourth-order valence-electron chi connectivity index (χ4n) is 1.36. The summed E-state index contributed by atoms with van der Waals surface area (Å²) in [6.45, 7) is 0. The number of benzene rings is 1. The third-order valence-corrected chi connectivity index (χ3v) is 3.09. The first kappa shape index (κ1) is 14.0. The maximum Gasteiger partial charge on any atom is 0.320 e. The smallest absolute Gasteiger partial charge is 0.320 e. The first-order chi connectivity index (χ1) is 7.93. The van der Waals surface area contributed by atoms with Crippen LogP contribution < -0.4 is 4.90 Å². The third kappa shape index (κ3) is 3.73. The van der Waals surface area contributed by atoms with Crippen LogP contribution in [0.3, 0.4) is 0 Å². The Morgan fingerprint density at radius 2 is 2.00 bits per heavy atom. The lowest BCUT2D eigenvalue weighted by Crippen LogP contribution is -2.24. The molecule has 0 saturated carbocycles. The van der Waals surface area contributed by atoms with Crippen molar-refractivity contribution in [2.75, 3.05) is 24.0 Å². The molecule has 0 aliphatic heterocycles. The van der Waals surface area contributed by atoms with Crippen molar-refractivity contribution in [1.29, 1.82) is 0 Å². The zero-order valence-electron chi connectivity index (χ0n) is 9.47. The van der Waals surface area contributed by atoms with E-state index in [0.717, 1.165) is 0 Å². The average Bonchev–Trinajstić information content (AvgIpc) is 2.27. The summed E-state index contributed by atoms with van der Waals surface area (Å²) < 4.78 is 11.0.